The molecule has 2 atom stereocenters. The molecule has 28 heavy (non-hydrogen) atoms. The van der Waals surface area contributed by atoms with Gasteiger partial charge in [0.25, 0.3) is 0 Å². The first-order chi connectivity index (χ1) is 13.0. The summed E-state index contributed by atoms with van der Waals surface area (Å²) >= 11 is 0. The van der Waals surface area contributed by atoms with E-state index in [2.05, 4.69) is 0 Å². The number of hydrogen-bond donors (Lipinski definition) is 0. The number of amides is 1. The van der Waals surface area contributed by atoms with Gasteiger partial charge in [-0.25, -0.2) is 18.1 Å². The van der Waals surface area contributed by atoms with Gasteiger partial charge in [0.05, 0.1) is 22.6 Å². The normalized spacial score (nSPS) is 24.0. The summed E-state index contributed by atoms with van der Waals surface area (Å²) in [7, 11) is -1.44. The van der Waals surface area contributed by atoms with Gasteiger partial charge in [-0.2, -0.15) is 0 Å². The lowest BCUT2D eigenvalue weighted by Crippen LogP contribution is -2.50. The summed E-state index contributed by atoms with van der Waals surface area (Å²) in [6.45, 7) is 5.07. The number of esters is 1. The highest BCUT2D eigenvalue weighted by atomic mass is 32.2. The number of nitrogens with zero attached hydrogens (tertiary/aromatic N) is 1. The summed E-state index contributed by atoms with van der Waals surface area (Å²) in [5, 5.41) is 0. The first-order valence-corrected chi connectivity index (χ1v) is 10.2. The number of aryl methyl sites for hydroxylation is 1. The molecule has 1 amide bonds. The molecule has 2 aliphatic rings. The van der Waals surface area contributed by atoms with E-state index < -0.39 is 39.6 Å². The third-order valence-corrected chi connectivity index (χ3v) is 6.92. The Morgan fingerprint density at radius 1 is 1.21 bits per heavy atom. The number of fused-ring (bicyclic) bond motifs is 1. The van der Waals surface area contributed by atoms with Gasteiger partial charge in [-0.3, -0.25) is 4.79 Å². The van der Waals surface area contributed by atoms with E-state index in [1.54, 1.807) is 26.0 Å². The molecule has 0 bridgehead atoms. The van der Waals surface area contributed by atoms with Crippen LogP contribution in [0.2, 0.25) is 0 Å². The Balaban J connectivity index is 2.26. The van der Waals surface area contributed by atoms with Crippen molar-refractivity contribution in [3.05, 3.63) is 40.4 Å². The van der Waals surface area contributed by atoms with Gasteiger partial charge in [0.1, 0.15) is 11.5 Å². The Hall–Kier alpha value is -2.39. The third-order valence-electron chi connectivity index (χ3n) is 5.02. The summed E-state index contributed by atoms with van der Waals surface area (Å²) < 4.78 is 42.5. The molecule has 0 spiro atoms. The molecule has 1 saturated heterocycles. The van der Waals surface area contributed by atoms with Crippen molar-refractivity contribution in [2.24, 2.45) is 5.92 Å². The highest BCUT2D eigenvalue weighted by Gasteiger charge is 2.56. The van der Waals surface area contributed by atoms with Crippen LogP contribution < -0.4 is 0 Å². The number of ether oxygens (including phenoxy) is 3. The largest absolute Gasteiger partial charge is 0.469 e. The van der Waals surface area contributed by atoms with Crippen molar-refractivity contribution in [3.63, 3.8) is 0 Å². The van der Waals surface area contributed by atoms with Crippen LogP contribution in [0.3, 0.4) is 0 Å². The maximum Gasteiger partial charge on any atom is 0.417 e. The molecule has 1 aromatic carbocycles. The van der Waals surface area contributed by atoms with E-state index in [0.29, 0.717) is 0 Å². The fourth-order valence-corrected chi connectivity index (χ4v) is 5.47. The second-order valence-corrected chi connectivity index (χ2v) is 9.27. The first kappa shape index (κ1) is 20.3. The fraction of sp³-hybridized carbons (Fsp3) is 0.474. The molecule has 152 valence electrons. The number of methoxy groups -OCH3 is 2. The minimum absolute atomic E-state index is 0.0455. The zero-order valence-electron chi connectivity index (χ0n) is 16.4. The maximum absolute atomic E-state index is 13.4. The van der Waals surface area contributed by atoms with Gasteiger partial charge in [-0.05, 0) is 32.9 Å². The minimum Gasteiger partial charge on any atom is -0.469 e. The van der Waals surface area contributed by atoms with Crippen LogP contribution in [0.25, 0.3) is 0 Å². The van der Waals surface area contributed by atoms with E-state index >= 15 is 0 Å². The van der Waals surface area contributed by atoms with E-state index in [-0.39, 0.29) is 21.9 Å². The summed E-state index contributed by atoms with van der Waals surface area (Å²) in [5.41, 5.74) is -0.0965. The van der Waals surface area contributed by atoms with Gasteiger partial charge in [-0.1, -0.05) is 17.7 Å². The maximum atomic E-state index is 13.4. The van der Waals surface area contributed by atoms with Gasteiger partial charge >= 0.3 is 12.1 Å². The Bertz CT molecular complexity index is 947. The second kappa shape index (κ2) is 6.89. The van der Waals surface area contributed by atoms with Gasteiger partial charge in [0, 0.05) is 13.5 Å². The van der Waals surface area contributed by atoms with Crippen LogP contribution >= 0.6 is 0 Å². The zero-order chi connectivity index (χ0) is 20.9. The number of allylic oxidation sites excluding steroid dienone is 1. The molecule has 1 aromatic rings. The Kier molecular flexibility index (Phi) is 5.01. The van der Waals surface area contributed by atoms with Crippen LogP contribution in [0.15, 0.2) is 39.8 Å². The van der Waals surface area contributed by atoms with Crippen LogP contribution in [0, 0.1) is 12.8 Å². The quantitative estimate of drug-likeness (QED) is 0.704. The first-order valence-electron chi connectivity index (χ1n) is 8.72. The summed E-state index contributed by atoms with van der Waals surface area (Å²) in [4.78, 5) is 26.0. The standard InChI is InChI=1S/C19H23NO7S/c1-11-6-8-12(9-7-11)28(23,24)14-10-13(17(21)26-5)16(25-4)20-15(14)19(2,3)27-18(20)22/h6-9,13,16H,10H2,1-5H3/t13-,16+/m0/s1. The SMILES string of the molecule is COC(=O)[C@H]1CC(S(=O)(=O)c2ccc(C)cc2)=C2N(C(=O)OC2(C)C)[C@@H]1OC. The summed E-state index contributed by atoms with van der Waals surface area (Å²) in [5.74, 6) is -1.67. The predicted octanol–water partition coefficient (Wildman–Crippen LogP) is 2.38. The molecule has 0 unspecified atom stereocenters. The number of rotatable bonds is 4. The molecule has 0 saturated carbocycles. The van der Waals surface area contributed by atoms with Gasteiger partial charge in [-0.15, -0.1) is 0 Å². The van der Waals surface area contributed by atoms with E-state index in [1.807, 2.05) is 6.92 Å². The highest BCUT2D eigenvalue weighted by molar-refractivity contribution is 7.95. The number of benzene rings is 1. The second-order valence-electron chi connectivity index (χ2n) is 7.30. The molecule has 2 heterocycles. The van der Waals surface area contributed by atoms with Crippen LogP contribution in [-0.2, 0) is 28.8 Å². The number of carbonyl (C=O) groups is 2. The average molecular weight is 409 g/mol. The predicted molar refractivity (Wildman–Crippen MR) is 98.7 cm³/mol. The van der Waals surface area contributed by atoms with Crippen molar-refractivity contribution < 1.29 is 32.2 Å². The fourth-order valence-electron chi connectivity index (χ4n) is 3.69. The van der Waals surface area contributed by atoms with Gasteiger partial charge < -0.3 is 14.2 Å². The Labute approximate surface area is 164 Å². The minimum atomic E-state index is -3.99. The van der Waals surface area contributed by atoms with Crippen molar-refractivity contribution in [3.8, 4) is 0 Å². The van der Waals surface area contributed by atoms with Crippen LogP contribution in [0.1, 0.15) is 25.8 Å². The van der Waals surface area contributed by atoms with Crippen molar-refractivity contribution in [1.29, 1.82) is 0 Å². The number of cyclic esters (lactones) is 1. The topological polar surface area (TPSA) is 99.2 Å². The van der Waals surface area contributed by atoms with Crippen LogP contribution in [-0.4, -0.2) is 51.4 Å². The molecule has 0 radical (unpaired) electrons. The zero-order valence-corrected chi connectivity index (χ0v) is 17.2. The average Bonchev–Trinajstić information content (AvgIpc) is 2.89. The van der Waals surface area contributed by atoms with Gasteiger partial charge in [0.2, 0.25) is 9.84 Å². The van der Waals surface area contributed by atoms with Crippen molar-refractivity contribution in [1.82, 2.24) is 4.90 Å². The van der Waals surface area contributed by atoms with E-state index in [1.165, 1.54) is 26.4 Å². The van der Waals surface area contributed by atoms with E-state index in [9.17, 15) is 18.0 Å². The molecule has 1 fully saturated rings. The summed E-state index contributed by atoms with van der Waals surface area (Å²) in [6, 6.07) is 6.39. The van der Waals surface area contributed by atoms with Gasteiger partial charge in [0.15, 0.2) is 6.23 Å². The Morgan fingerprint density at radius 3 is 2.36 bits per heavy atom. The molecule has 8 nitrogen and oxygen atoms in total. The molecule has 2 aliphatic heterocycles. The third kappa shape index (κ3) is 3.08. The van der Waals surface area contributed by atoms with Crippen molar-refractivity contribution in [2.45, 2.75) is 43.9 Å². The molecule has 0 N–H and O–H groups in total. The van der Waals surface area contributed by atoms with Crippen LogP contribution in [0.5, 0.6) is 0 Å². The lowest BCUT2D eigenvalue weighted by Gasteiger charge is -2.38. The van der Waals surface area contributed by atoms with Crippen LogP contribution in [0.4, 0.5) is 4.79 Å². The van der Waals surface area contributed by atoms with Crippen molar-refractivity contribution in [2.75, 3.05) is 14.2 Å². The number of carbonyl (C=O) groups excluding carboxylic acids is 2. The molecular weight excluding hydrogens is 386 g/mol. The van der Waals surface area contributed by atoms with E-state index in [0.717, 1.165) is 10.5 Å². The smallest absolute Gasteiger partial charge is 0.417 e. The number of hydrogen-bond acceptors (Lipinski definition) is 7. The molecule has 0 aromatic heterocycles. The highest BCUT2D eigenvalue weighted by Crippen LogP contribution is 2.46. The lowest BCUT2D eigenvalue weighted by molar-refractivity contribution is -0.155. The summed E-state index contributed by atoms with van der Waals surface area (Å²) in [6.07, 6.45) is -1.95. The molecule has 3 rings (SSSR count). The van der Waals surface area contributed by atoms with Crippen molar-refractivity contribution >= 4 is 21.9 Å². The number of sulfone groups is 1. The lowest BCUT2D eigenvalue weighted by atomic mass is 9.92. The Morgan fingerprint density at radius 2 is 1.82 bits per heavy atom. The molecular formula is C19H23NO7S. The monoisotopic (exact) mass is 409 g/mol. The molecule has 0 aliphatic carbocycles. The molecule has 9 heteroatoms. The van der Waals surface area contributed by atoms with E-state index in [4.69, 9.17) is 14.2 Å².